The molecule has 0 radical (unpaired) electrons. The zero-order chi connectivity index (χ0) is 11.6. The molecule has 1 saturated carbocycles. The Morgan fingerprint density at radius 2 is 1.69 bits per heavy atom. The highest BCUT2D eigenvalue weighted by Crippen LogP contribution is 2.33. The van der Waals surface area contributed by atoms with Crippen molar-refractivity contribution in [2.45, 2.75) is 39.8 Å². The summed E-state index contributed by atoms with van der Waals surface area (Å²) < 4.78 is 25.0. The van der Waals surface area contributed by atoms with Gasteiger partial charge in [0.2, 0.25) is 0 Å². The van der Waals surface area contributed by atoms with Gasteiger partial charge in [0.1, 0.15) is 0 Å². The van der Waals surface area contributed by atoms with E-state index < -0.39 is 9.84 Å². The molecule has 0 N–H and O–H groups in total. The molecule has 0 unspecified atom stereocenters. The van der Waals surface area contributed by atoms with Crippen LogP contribution in [0.1, 0.15) is 25.7 Å². The average Bonchev–Trinajstić information content (AvgIpc) is 2.30. The molecular formula is C12H15IO2S. The monoisotopic (exact) mass is 350 g/mol. The van der Waals surface area contributed by atoms with Gasteiger partial charge in [-0.3, -0.25) is 0 Å². The number of sulfone groups is 1. The first kappa shape index (κ1) is 12.4. The number of halogens is 1. The summed E-state index contributed by atoms with van der Waals surface area (Å²) in [5.41, 5.74) is 0. The molecule has 1 aliphatic rings. The Morgan fingerprint density at radius 3 is 2.31 bits per heavy atom. The molecule has 16 heavy (non-hydrogen) atoms. The van der Waals surface area contributed by atoms with Crippen molar-refractivity contribution in [1.82, 2.24) is 0 Å². The van der Waals surface area contributed by atoms with Gasteiger partial charge in [-0.15, -0.1) is 0 Å². The van der Waals surface area contributed by atoms with Gasteiger partial charge in [-0.05, 0) is 25.0 Å². The molecule has 0 bridgehead atoms. The fraction of sp³-hybridized carbons (Fsp3) is 0.500. The van der Waals surface area contributed by atoms with Crippen molar-refractivity contribution in [3.05, 3.63) is 30.3 Å². The average molecular weight is 350 g/mol. The summed E-state index contributed by atoms with van der Waals surface area (Å²) in [6.45, 7) is 0. The third kappa shape index (κ3) is 2.42. The largest absolute Gasteiger partial charge is 0.223 e. The van der Waals surface area contributed by atoms with E-state index in [1.54, 1.807) is 24.3 Å². The van der Waals surface area contributed by atoms with Gasteiger partial charge in [0.05, 0.1) is 10.1 Å². The van der Waals surface area contributed by atoms with Crippen LogP contribution in [-0.2, 0) is 9.84 Å². The third-order valence-electron chi connectivity index (χ3n) is 3.09. The van der Waals surface area contributed by atoms with E-state index in [9.17, 15) is 8.42 Å². The smallest absolute Gasteiger partial charge is 0.182 e. The highest BCUT2D eigenvalue weighted by atomic mass is 127. The van der Waals surface area contributed by atoms with Crippen LogP contribution < -0.4 is 0 Å². The normalized spacial score (nSPS) is 26.6. The molecule has 1 aromatic carbocycles. The third-order valence-corrected chi connectivity index (χ3v) is 7.36. The fourth-order valence-corrected chi connectivity index (χ4v) is 6.03. The van der Waals surface area contributed by atoms with Crippen LogP contribution in [0.25, 0.3) is 0 Å². The Balaban J connectivity index is 2.32. The predicted octanol–water partition coefficient (Wildman–Crippen LogP) is 3.21. The molecule has 0 aromatic heterocycles. The molecule has 0 heterocycles. The molecule has 2 rings (SSSR count). The molecule has 0 amide bonds. The van der Waals surface area contributed by atoms with E-state index in [1.807, 2.05) is 6.07 Å². The highest BCUT2D eigenvalue weighted by molar-refractivity contribution is 14.1. The van der Waals surface area contributed by atoms with Crippen molar-refractivity contribution in [3.63, 3.8) is 0 Å². The molecule has 2 nitrogen and oxygen atoms in total. The maximum atomic E-state index is 12.4. The maximum absolute atomic E-state index is 12.4. The number of hydrogen-bond donors (Lipinski definition) is 0. The number of hydrogen-bond acceptors (Lipinski definition) is 2. The molecule has 0 spiro atoms. The lowest BCUT2D eigenvalue weighted by atomic mass is 10.0. The van der Waals surface area contributed by atoms with Crippen LogP contribution in [0.4, 0.5) is 0 Å². The molecule has 1 aromatic rings. The standard InChI is InChI=1S/C12H15IO2S/c13-11-8-4-5-9-12(11)16(14,15)10-6-2-1-3-7-10/h1-3,6-7,11-12H,4-5,8-9H2/t11-,12-/m0/s1. The van der Waals surface area contributed by atoms with Crippen LogP contribution in [0.3, 0.4) is 0 Å². The second-order valence-electron chi connectivity index (χ2n) is 4.20. The van der Waals surface area contributed by atoms with E-state index in [1.165, 1.54) is 0 Å². The van der Waals surface area contributed by atoms with Crippen molar-refractivity contribution < 1.29 is 8.42 Å². The number of benzene rings is 1. The molecular weight excluding hydrogens is 335 g/mol. The predicted molar refractivity (Wildman–Crippen MR) is 73.7 cm³/mol. The molecule has 2 atom stereocenters. The minimum absolute atomic E-state index is 0.191. The van der Waals surface area contributed by atoms with Gasteiger partial charge in [0.15, 0.2) is 9.84 Å². The van der Waals surface area contributed by atoms with Crippen molar-refractivity contribution >= 4 is 32.4 Å². The van der Waals surface area contributed by atoms with Crippen LogP contribution in [0.2, 0.25) is 0 Å². The summed E-state index contributed by atoms with van der Waals surface area (Å²) >= 11 is 2.29. The molecule has 0 saturated heterocycles. The summed E-state index contributed by atoms with van der Waals surface area (Å²) in [7, 11) is -3.12. The molecule has 88 valence electrons. The Kier molecular flexibility index (Phi) is 3.89. The van der Waals surface area contributed by atoms with E-state index in [0.29, 0.717) is 4.90 Å². The Bertz CT molecular complexity index is 441. The first-order chi connectivity index (χ1) is 7.62. The van der Waals surface area contributed by atoms with Gasteiger partial charge >= 0.3 is 0 Å². The van der Waals surface area contributed by atoms with Gasteiger partial charge in [0.25, 0.3) is 0 Å². The van der Waals surface area contributed by atoms with Crippen LogP contribution >= 0.6 is 22.6 Å². The molecule has 0 aliphatic heterocycles. The van der Waals surface area contributed by atoms with Gasteiger partial charge in [0, 0.05) is 3.92 Å². The minimum Gasteiger partial charge on any atom is -0.223 e. The second kappa shape index (κ2) is 5.04. The summed E-state index contributed by atoms with van der Waals surface area (Å²) in [6, 6.07) is 8.83. The van der Waals surface area contributed by atoms with Crippen molar-refractivity contribution in [1.29, 1.82) is 0 Å². The van der Waals surface area contributed by atoms with Crippen LogP contribution in [0.5, 0.6) is 0 Å². The lowest BCUT2D eigenvalue weighted by Gasteiger charge is -2.27. The fourth-order valence-electron chi connectivity index (χ4n) is 2.19. The molecule has 1 aliphatic carbocycles. The minimum atomic E-state index is -3.12. The molecule has 1 fully saturated rings. The van der Waals surface area contributed by atoms with Crippen molar-refractivity contribution in [2.24, 2.45) is 0 Å². The Hall–Kier alpha value is -0.100. The second-order valence-corrected chi connectivity index (χ2v) is 7.96. The summed E-state index contributed by atoms with van der Waals surface area (Å²) in [5.74, 6) is 0. The van der Waals surface area contributed by atoms with E-state index >= 15 is 0 Å². The Morgan fingerprint density at radius 1 is 1.06 bits per heavy atom. The zero-order valence-electron chi connectivity index (χ0n) is 8.97. The van der Waals surface area contributed by atoms with Gasteiger partial charge < -0.3 is 0 Å². The van der Waals surface area contributed by atoms with Crippen LogP contribution in [-0.4, -0.2) is 17.6 Å². The van der Waals surface area contributed by atoms with E-state index in [4.69, 9.17) is 0 Å². The summed E-state index contributed by atoms with van der Waals surface area (Å²) in [6.07, 6.45) is 4.03. The lowest BCUT2D eigenvalue weighted by Crippen LogP contribution is -2.33. The maximum Gasteiger partial charge on any atom is 0.182 e. The summed E-state index contributed by atoms with van der Waals surface area (Å²) in [5, 5.41) is -0.191. The Labute approximate surface area is 111 Å². The summed E-state index contributed by atoms with van der Waals surface area (Å²) in [4.78, 5) is 0.476. The van der Waals surface area contributed by atoms with Gasteiger partial charge in [-0.2, -0.15) is 0 Å². The highest BCUT2D eigenvalue weighted by Gasteiger charge is 2.34. The first-order valence-electron chi connectivity index (χ1n) is 5.55. The number of alkyl halides is 1. The first-order valence-corrected chi connectivity index (χ1v) is 8.34. The number of rotatable bonds is 2. The van der Waals surface area contributed by atoms with Crippen molar-refractivity contribution in [3.8, 4) is 0 Å². The van der Waals surface area contributed by atoms with Crippen molar-refractivity contribution in [2.75, 3.05) is 0 Å². The lowest BCUT2D eigenvalue weighted by molar-refractivity contribution is 0.502. The van der Waals surface area contributed by atoms with Gasteiger partial charge in [-0.25, -0.2) is 8.42 Å². The van der Waals surface area contributed by atoms with E-state index in [2.05, 4.69) is 22.6 Å². The van der Waals surface area contributed by atoms with Crippen LogP contribution in [0.15, 0.2) is 35.2 Å². The topological polar surface area (TPSA) is 34.1 Å². The molecule has 4 heteroatoms. The SMILES string of the molecule is O=S(=O)(c1ccccc1)[C@H]1CCCC[C@@H]1I. The zero-order valence-corrected chi connectivity index (χ0v) is 11.9. The van der Waals surface area contributed by atoms with Gasteiger partial charge in [-0.1, -0.05) is 53.6 Å². The van der Waals surface area contributed by atoms with Crippen LogP contribution in [0, 0.1) is 0 Å². The van der Waals surface area contributed by atoms with E-state index in [-0.39, 0.29) is 9.17 Å². The van der Waals surface area contributed by atoms with E-state index in [0.717, 1.165) is 25.7 Å². The quantitative estimate of drug-likeness (QED) is 0.606.